The first-order valence-electron chi connectivity index (χ1n) is 13.8. The molecule has 0 amide bonds. The maximum atomic E-state index is 6.11. The van der Waals surface area contributed by atoms with Crippen molar-refractivity contribution in [2.75, 3.05) is 40.5 Å². The Hall–Kier alpha value is -2.82. The van der Waals surface area contributed by atoms with Crippen LogP contribution >= 0.6 is 0 Å². The van der Waals surface area contributed by atoms with Gasteiger partial charge < -0.3 is 18.7 Å². The smallest absolute Gasteiger partial charge is 0.137 e. The Morgan fingerprint density at radius 1 is 0.632 bits per heavy atom. The van der Waals surface area contributed by atoms with Crippen molar-refractivity contribution in [3.05, 3.63) is 95.6 Å². The van der Waals surface area contributed by atoms with E-state index >= 15 is 0 Å². The highest BCUT2D eigenvalue weighted by Gasteiger charge is 2.27. The van der Waals surface area contributed by atoms with E-state index in [9.17, 15) is 0 Å². The fourth-order valence-electron chi connectivity index (χ4n) is 5.09. The highest BCUT2D eigenvalue weighted by atomic mass is 16.5. The van der Waals surface area contributed by atoms with Gasteiger partial charge in [-0.15, -0.1) is 0 Å². The molecule has 0 saturated heterocycles. The third-order valence-electron chi connectivity index (χ3n) is 6.72. The molecule has 0 spiro atoms. The number of hydrogen-bond donors (Lipinski definition) is 0. The molecule has 206 valence electrons. The lowest BCUT2D eigenvalue weighted by Crippen LogP contribution is -2.41. The third-order valence-corrected chi connectivity index (χ3v) is 6.72. The van der Waals surface area contributed by atoms with Gasteiger partial charge in [0.25, 0.3) is 0 Å². The number of likely N-dealkylation sites (N-methyl/N-ethyl adjacent to an activating group) is 1. The second-order valence-corrected chi connectivity index (χ2v) is 12.8. The van der Waals surface area contributed by atoms with Gasteiger partial charge in [0.2, 0.25) is 0 Å². The summed E-state index contributed by atoms with van der Waals surface area (Å²) in [5.74, 6) is 1.81. The zero-order valence-electron chi connectivity index (χ0n) is 24.6. The maximum Gasteiger partial charge on any atom is 0.137 e. The van der Waals surface area contributed by atoms with Gasteiger partial charge in [-0.05, 0) is 64.8 Å². The van der Waals surface area contributed by atoms with Crippen LogP contribution in [0, 0.1) is 5.41 Å². The Kier molecular flexibility index (Phi) is 10.4. The average Bonchev–Trinajstić information content (AvgIpc) is 2.84. The van der Waals surface area contributed by atoms with Crippen molar-refractivity contribution in [2.45, 2.75) is 59.6 Å². The lowest BCUT2D eigenvalue weighted by molar-refractivity contribution is -0.903. The van der Waals surface area contributed by atoms with Crippen LogP contribution in [0.15, 0.2) is 78.9 Å². The van der Waals surface area contributed by atoms with E-state index in [1.54, 1.807) is 0 Å². The summed E-state index contributed by atoms with van der Waals surface area (Å²) in [4.78, 5) is 0. The number of rotatable bonds is 14. The monoisotopic (exact) mass is 518 g/mol. The van der Waals surface area contributed by atoms with E-state index in [0.717, 1.165) is 35.5 Å². The summed E-state index contributed by atoms with van der Waals surface area (Å²) in [5.41, 5.74) is 4.27. The van der Waals surface area contributed by atoms with Gasteiger partial charge in [-0.3, -0.25) is 0 Å². The lowest BCUT2D eigenvalue weighted by Gasteiger charge is -2.33. The molecule has 0 unspecified atom stereocenters. The zero-order chi connectivity index (χ0) is 27.7. The van der Waals surface area contributed by atoms with Crippen molar-refractivity contribution in [1.29, 1.82) is 0 Å². The normalized spacial score (nSPS) is 12.4. The first kappa shape index (κ1) is 29.7. The molecule has 0 N–H and O–H groups in total. The van der Waals surface area contributed by atoms with Crippen molar-refractivity contribution >= 4 is 0 Å². The second kappa shape index (κ2) is 13.3. The largest absolute Gasteiger partial charge is 0.491 e. The van der Waals surface area contributed by atoms with E-state index < -0.39 is 0 Å². The van der Waals surface area contributed by atoms with E-state index in [0.29, 0.717) is 31.8 Å². The zero-order valence-corrected chi connectivity index (χ0v) is 24.6. The van der Waals surface area contributed by atoms with Gasteiger partial charge in [0.1, 0.15) is 37.8 Å². The SMILES string of the molecule is CC(C)(C)CC(C)(C)c1ccc(OCC[N+](C)(C)Cc2ccc(OCCOCc3ccccc3)cc2)cc1. The fraction of sp³-hybridized carbons (Fsp3) is 0.471. The van der Waals surface area contributed by atoms with Gasteiger partial charge in [0, 0.05) is 5.56 Å². The maximum absolute atomic E-state index is 6.11. The highest BCUT2D eigenvalue weighted by molar-refractivity contribution is 5.32. The van der Waals surface area contributed by atoms with Crippen LogP contribution in [-0.4, -0.2) is 44.9 Å². The molecule has 38 heavy (non-hydrogen) atoms. The molecule has 0 aliphatic rings. The standard InChI is InChI=1S/C34H48NO3/c1-33(2,3)27-34(4,5)30-15-19-32(20-16-30)37-22-21-35(6,7)25-28-13-17-31(18-14-28)38-24-23-36-26-29-11-9-8-10-12-29/h8-20H,21-27H2,1-7H3/q+1. The van der Waals surface area contributed by atoms with Gasteiger partial charge in [0.05, 0.1) is 27.3 Å². The number of benzene rings is 3. The molecule has 0 bridgehead atoms. The first-order chi connectivity index (χ1) is 17.9. The van der Waals surface area contributed by atoms with Crippen LogP contribution in [0.5, 0.6) is 11.5 Å². The summed E-state index contributed by atoms with van der Waals surface area (Å²) >= 11 is 0. The Morgan fingerprint density at radius 3 is 1.82 bits per heavy atom. The minimum atomic E-state index is 0.145. The molecule has 0 aromatic heterocycles. The molecular weight excluding hydrogens is 470 g/mol. The van der Waals surface area contributed by atoms with Crippen LogP contribution in [0.2, 0.25) is 0 Å². The Balaban J connectivity index is 1.38. The van der Waals surface area contributed by atoms with Crippen LogP contribution in [0.1, 0.15) is 57.7 Å². The quantitative estimate of drug-likeness (QED) is 0.162. The summed E-state index contributed by atoms with van der Waals surface area (Å²) in [6.07, 6.45) is 1.14. The van der Waals surface area contributed by atoms with Crippen LogP contribution < -0.4 is 9.47 Å². The number of hydrogen-bond acceptors (Lipinski definition) is 3. The molecule has 0 fully saturated rings. The summed E-state index contributed by atoms with van der Waals surface area (Å²) in [6, 6.07) is 27.3. The third kappa shape index (κ3) is 10.5. The van der Waals surface area contributed by atoms with Crippen LogP contribution in [-0.2, 0) is 23.3 Å². The van der Waals surface area contributed by atoms with E-state index in [1.807, 2.05) is 30.3 Å². The molecule has 0 saturated carbocycles. The Labute approximate surface area is 231 Å². The predicted molar refractivity (Wildman–Crippen MR) is 158 cm³/mol. The van der Waals surface area contributed by atoms with E-state index in [4.69, 9.17) is 14.2 Å². The lowest BCUT2D eigenvalue weighted by atomic mass is 9.72. The molecule has 0 radical (unpaired) electrons. The van der Waals surface area contributed by atoms with Crippen LogP contribution in [0.25, 0.3) is 0 Å². The Bertz CT molecular complexity index is 1080. The van der Waals surface area contributed by atoms with Crippen molar-refractivity contribution in [3.8, 4) is 11.5 Å². The molecular formula is C34H48NO3+. The van der Waals surface area contributed by atoms with Gasteiger partial charge >= 0.3 is 0 Å². The molecule has 4 heteroatoms. The van der Waals surface area contributed by atoms with Crippen molar-refractivity contribution in [3.63, 3.8) is 0 Å². The number of nitrogens with zero attached hydrogens (tertiary/aromatic N) is 1. The molecule has 3 rings (SSSR count). The molecule has 4 nitrogen and oxygen atoms in total. The minimum absolute atomic E-state index is 0.145. The molecule has 0 atom stereocenters. The van der Waals surface area contributed by atoms with Crippen LogP contribution in [0.3, 0.4) is 0 Å². The van der Waals surface area contributed by atoms with Crippen molar-refractivity contribution in [1.82, 2.24) is 0 Å². The molecule has 3 aromatic carbocycles. The van der Waals surface area contributed by atoms with Gasteiger partial charge in [-0.1, -0.05) is 77.1 Å². The second-order valence-electron chi connectivity index (χ2n) is 12.8. The number of quaternary nitrogens is 1. The highest BCUT2D eigenvalue weighted by Crippen LogP contribution is 2.36. The molecule has 0 aliphatic heterocycles. The van der Waals surface area contributed by atoms with Gasteiger partial charge in [-0.25, -0.2) is 0 Å². The molecule has 0 aliphatic carbocycles. The molecule has 3 aromatic rings. The van der Waals surface area contributed by atoms with Gasteiger partial charge in [-0.2, -0.15) is 0 Å². The van der Waals surface area contributed by atoms with E-state index in [-0.39, 0.29) is 5.41 Å². The first-order valence-corrected chi connectivity index (χ1v) is 13.8. The summed E-state index contributed by atoms with van der Waals surface area (Å²) in [7, 11) is 4.49. The summed E-state index contributed by atoms with van der Waals surface area (Å²) in [6.45, 7) is 15.8. The summed E-state index contributed by atoms with van der Waals surface area (Å²) in [5, 5.41) is 0. The molecule has 0 heterocycles. The van der Waals surface area contributed by atoms with E-state index in [2.05, 4.69) is 97.2 Å². The predicted octanol–water partition coefficient (Wildman–Crippen LogP) is 7.65. The Morgan fingerprint density at radius 2 is 1.21 bits per heavy atom. The van der Waals surface area contributed by atoms with Gasteiger partial charge in [0.15, 0.2) is 0 Å². The van der Waals surface area contributed by atoms with Crippen molar-refractivity contribution < 1.29 is 18.7 Å². The fourth-order valence-corrected chi connectivity index (χ4v) is 5.09. The van der Waals surface area contributed by atoms with E-state index in [1.165, 1.54) is 16.7 Å². The minimum Gasteiger partial charge on any atom is -0.491 e. The summed E-state index contributed by atoms with van der Waals surface area (Å²) < 4.78 is 18.5. The van der Waals surface area contributed by atoms with Crippen LogP contribution in [0.4, 0.5) is 0 Å². The number of ether oxygens (including phenoxy) is 3. The topological polar surface area (TPSA) is 27.7 Å². The average molecular weight is 519 g/mol. The van der Waals surface area contributed by atoms with Crippen molar-refractivity contribution in [2.24, 2.45) is 5.41 Å².